The van der Waals surface area contributed by atoms with Crippen LogP contribution >= 0.6 is 0 Å². The van der Waals surface area contributed by atoms with E-state index in [0.717, 1.165) is 25.9 Å². The summed E-state index contributed by atoms with van der Waals surface area (Å²) in [6.45, 7) is 6.27. The average Bonchev–Trinajstić information content (AvgIpc) is 2.84. The highest BCUT2D eigenvalue weighted by Crippen LogP contribution is 2.14. The fourth-order valence-electron chi connectivity index (χ4n) is 2.46. The first-order chi connectivity index (χ1) is 8.99. The molecule has 5 nitrogen and oxygen atoms in total. The molecule has 0 bridgehead atoms. The number of amides is 1. The number of carbonyl (C=O) groups excluding carboxylic acids is 1. The minimum atomic E-state index is -0.825. The topological polar surface area (TPSA) is 78.4 Å². The third-order valence-electron chi connectivity index (χ3n) is 3.59. The van der Waals surface area contributed by atoms with Crippen LogP contribution < -0.4 is 10.6 Å². The summed E-state index contributed by atoms with van der Waals surface area (Å²) in [7, 11) is 0. The lowest BCUT2D eigenvalue weighted by atomic mass is 9.97. The Kier molecular flexibility index (Phi) is 6.84. The van der Waals surface area contributed by atoms with E-state index in [-0.39, 0.29) is 12.5 Å². The van der Waals surface area contributed by atoms with E-state index in [4.69, 9.17) is 5.11 Å². The number of rotatable bonds is 8. The lowest BCUT2D eigenvalue weighted by Gasteiger charge is -2.15. The van der Waals surface area contributed by atoms with Crippen molar-refractivity contribution in [2.24, 2.45) is 17.8 Å². The van der Waals surface area contributed by atoms with Crippen LogP contribution in [-0.2, 0) is 9.59 Å². The van der Waals surface area contributed by atoms with Crippen molar-refractivity contribution < 1.29 is 14.7 Å². The molecule has 0 aromatic rings. The van der Waals surface area contributed by atoms with Gasteiger partial charge in [0.1, 0.15) is 0 Å². The Morgan fingerprint density at radius 2 is 2.16 bits per heavy atom. The molecule has 1 aliphatic heterocycles. The summed E-state index contributed by atoms with van der Waals surface area (Å²) in [4.78, 5) is 22.7. The summed E-state index contributed by atoms with van der Waals surface area (Å²) < 4.78 is 0. The molecule has 0 radical (unpaired) electrons. The molecule has 5 heteroatoms. The Balaban J connectivity index is 2.21. The third kappa shape index (κ3) is 6.57. The second-order valence-corrected chi connectivity index (χ2v) is 5.87. The molecular formula is C14H26N2O3. The Bertz CT molecular complexity index is 299. The van der Waals surface area contributed by atoms with Gasteiger partial charge in [0.2, 0.25) is 5.91 Å². The predicted octanol–water partition coefficient (Wildman–Crippen LogP) is 1.24. The standard InChI is InChI=1S/C14H26N2O3/c1-10(2)7-12(14(18)19)9-16-13(17)4-3-11-5-6-15-8-11/h10-12,15H,3-9H2,1-2H3,(H,16,17)(H,18,19). The van der Waals surface area contributed by atoms with Crippen molar-refractivity contribution in [3.8, 4) is 0 Å². The molecule has 0 aromatic carbocycles. The molecule has 19 heavy (non-hydrogen) atoms. The summed E-state index contributed by atoms with van der Waals surface area (Å²) in [5, 5.41) is 15.1. The Morgan fingerprint density at radius 3 is 2.68 bits per heavy atom. The van der Waals surface area contributed by atoms with E-state index in [1.54, 1.807) is 0 Å². The van der Waals surface area contributed by atoms with Gasteiger partial charge in [0, 0.05) is 13.0 Å². The van der Waals surface area contributed by atoms with Gasteiger partial charge in [0.25, 0.3) is 0 Å². The van der Waals surface area contributed by atoms with E-state index in [1.807, 2.05) is 13.8 Å². The van der Waals surface area contributed by atoms with Crippen molar-refractivity contribution in [3.63, 3.8) is 0 Å². The molecule has 0 saturated carbocycles. The van der Waals surface area contributed by atoms with Gasteiger partial charge in [-0.25, -0.2) is 0 Å². The monoisotopic (exact) mass is 270 g/mol. The molecule has 2 atom stereocenters. The van der Waals surface area contributed by atoms with Gasteiger partial charge in [0.15, 0.2) is 0 Å². The Hall–Kier alpha value is -1.10. The van der Waals surface area contributed by atoms with E-state index in [1.165, 1.54) is 0 Å². The van der Waals surface area contributed by atoms with Crippen LogP contribution in [0.15, 0.2) is 0 Å². The molecule has 1 fully saturated rings. The summed E-state index contributed by atoms with van der Waals surface area (Å²) in [6, 6.07) is 0. The highest BCUT2D eigenvalue weighted by atomic mass is 16.4. The maximum Gasteiger partial charge on any atom is 0.308 e. The zero-order chi connectivity index (χ0) is 14.3. The smallest absolute Gasteiger partial charge is 0.308 e. The van der Waals surface area contributed by atoms with Crippen LogP contribution in [0.1, 0.15) is 39.5 Å². The van der Waals surface area contributed by atoms with E-state index >= 15 is 0 Å². The Morgan fingerprint density at radius 1 is 1.42 bits per heavy atom. The van der Waals surface area contributed by atoms with Crippen molar-refractivity contribution in [2.75, 3.05) is 19.6 Å². The first kappa shape index (κ1) is 16.0. The largest absolute Gasteiger partial charge is 0.481 e. The van der Waals surface area contributed by atoms with E-state index in [2.05, 4.69) is 10.6 Å². The molecule has 1 heterocycles. The number of carboxylic acid groups (broad SMARTS) is 1. The third-order valence-corrected chi connectivity index (χ3v) is 3.59. The lowest BCUT2D eigenvalue weighted by molar-refractivity contribution is -0.142. The molecule has 0 aliphatic carbocycles. The van der Waals surface area contributed by atoms with Crippen LogP contribution in [-0.4, -0.2) is 36.6 Å². The van der Waals surface area contributed by atoms with Gasteiger partial charge in [0.05, 0.1) is 5.92 Å². The molecule has 2 unspecified atom stereocenters. The van der Waals surface area contributed by atoms with Crippen LogP contribution in [0.25, 0.3) is 0 Å². The fraction of sp³-hybridized carbons (Fsp3) is 0.857. The van der Waals surface area contributed by atoms with Gasteiger partial charge in [-0.05, 0) is 44.2 Å². The second kappa shape index (κ2) is 8.15. The zero-order valence-electron chi connectivity index (χ0n) is 11.9. The number of aliphatic carboxylic acids is 1. The number of carboxylic acids is 1. The van der Waals surface area contributed by atoms with Crippen LogP contribution in [0.4, 0.5) is 0 Å². The van der Waals surface area contributed by atoms with Crippen molar-refractivity contribution in [2.45, 2.75) is 39.5 Å². The average molecular weight is 270 g/mol. The van der Waals surface area contributed by atoms with E-state index in [0.29, 0.717) is 24.7 Å². The van der Waals surface area contributed by atoms with Gasteiger partial charge in [-0.2, -0.15) is 0 Å². The van der Waals surface area contributed by atoms with Crippen molar-refractivity contribution in [3.05, 3.63) is 0 Å². The van der Waals surface area contributed by atoms with Crippen LogP contribution in [0.5, 0.6) is 0 Å². The maximum absolute atomic E-state index is 11.7. The van der Waals surface area contributed by atoms with Crippen molar-refractivity contribution >= 4 is 11.9 Å². The minimum Gasteiger partial charge on any atom is -0.481 e. The molecule has 1 rings (SSSR count). The summed E-state index contributed by atoms with van der Waals surface area (Å²) >= 11 is 0. The molecule has 3 N–H and O–H groups in total. The number of hydrogen-bond acceptors (Lipinski definition) is 3. The molecule has 1 saturated heterocycles. The molecule has 1 aliphatic rings. The van der Waals surface area contributed by atoms with Gasteiger partial charge >= 0.3 is 5.97 Å². The fourth-order valence-corrected chi connectivity index (χ4v) is 2.46. The molecule has 110 valence electrons. The first-order valence-electron chi connectivity index (χ1n) is 7.19. The second-order valence-electron chi connectivity index (χ2n) is 5.87. The van der Waals surface area contributed by atoms with Crippen LogP contribution in [0.3, 0.4) is 0 Å². The summed E-state index contributed by atoms with van der Waals surface area (Å²) in [6.07, 6.45) is 3.13. The summed E-state index contributed by atoms with van der Waals surface area (Å²) in [5.74, 6) is -0.410. The predicted molar refractivity (Wildman–Crippen MR) is 73.8 cm³/mol. The van der Waals surface area contributed by atoms with Crippen molar-refractivity contribution in [1.29, 1.82) is 0 Å². The minimum absolute atomic E-state index is 0.0260. The van der Waals surface area contributed by atoms with Crippen LogP contribution in [0.2, 0.25) is 0 Å². The number of nitrogens with one attached hydrogen (secondary N) is 2. The van der Waals surface area contributed by atoms with Gasteiger partial charge < -0.3 is 15.7 Å². The lowest BCUT2D eigenvalue weighted by Crippen LogP contribution is -2.33. The number of hydrogen-bond donors (Lipinski definition) is 3. The first-order valence-corrected chi connectivity index (χ1v) is 7.19. The quantitative estimate of drug-likeness (QED) is 0.620. The van der Waals surface area contributed by atoms with Gasteiger partial charge in [-0.15, -0.1) is 0 Å². The highest BCUT2D eigenvalue weighted by molar-refractivity contribution is 5.77. The molecule has 0 aromatic heterocycles. The van der Waals surface area contributed by atoms with Crippen LogP contribution in [0, 0.1) is 17.8 Å². The molecular weight excluding hydrogens is 244 g/mol. The molecule has 0 spiro atoms. The van der Waals surface area contributed by atoms with Crippen molar-refractivity contribution in [1.82, 2.24) is 10.6 Å². The maximum atomic E-state index is 11.7. The zero-order valence-corrected chi connectivity index (χ0v) is 11.9. The highest BCUT2D eigenvalue weighted by Gasteiger charge is 2.20. The molecule has 1 amide bonds. The summed E-state index contributed by atoms with van der Waals surface area (Å²) in [5.41, 5.74) is 0. The van der Waals surface area contributed by atoms with E-state index < -0.39 is 11.9 Å². The Labute approximate surface area is 115 Å². The van der Waals surface area contributed by atoms with Gasteiger partial charge in [-0.1, -0.05) is 13.8 Å². The SMILES string of the molecule is CC(C)CC(CNC(=O)CCC1CCNC1)C(=O)O. The van der Waals surface area contributed by atoms with E-state index in [9.17, 15) is 9.59 Å². The normalized spacial score (nSPS) is 20.5. The van der Waals surface area contributed by atoms with Gasteiger partial charge in [-0.3, -0.25) is 9.59 Å². The number of carbonyl (C=O) groups is 2.